The van der Waals surface area contributed by atoms with E-state index in [9.17, 15) is 4.79 Å². The van der Waals surface area contributed by atoms with Gasteiger partial charge in [-0.25, -0.2) is 4.98 Å². The van der Waals surface area contributed by atoms with Crippen LogP contribution in [-0.2, 0) is 4.79 Å². The summed E-state index contributed by atoms with van der Waals surface area (Å²) in [6.07, 6.45) is 2.58. The van der Waals surface area contributed by atoms with Gasteiger partial charge in [-0.15, -0.1) is 11.8 Å². The first-order valence-corrected chi connectivity index (χ1v) is 8.47. The molecule has 0 unspecified atom stereocenters. The number of carbonyl (C=O) groups excluding carboxylic acids is 1. The van der Waals surface area contributed by atoms with Gasteiger partial charge in [-0.2, -0.15) is 0 Å². The average molecular weight is 334 g/mol. The zero-order chi connectivity index (χ0) is 15.4. The van der Waals surface area contributed by atoms with Crippen LogP contribution in [0, 0.1) is 0 Å². The zero-order valence-electron chi connectivity index (χ0n) is 12.0. The van der Waals surface area contributed by atoms with Crippen LogP contribution in [-0.4, -0.2) is 29.7 Å². The second-order valence-corrected chi connectivity index (χ2v) is 6.57. The van der Waals surface area contributed by atoms with Crippen LogP contribution < -0.4 is 10.2 Å². The highest BCUT2D eigenvalue weighted by atomic mass is 35.5. The summed E-state index contributed by atoms with van der Waals surface area (Å²) in [5, 5.41) is 3.36. The predicted molar refractivity (Wildman–Crippen MR) is 91.9 cm³/mol. The van der Waals surface area contributed by atoms with Crippen LogP contribution in [0.1, 0.15) is 6.42 Å². The van der Waals surface area contributed by atoms with Crippen molar-refractivity contribution in [1.82, 2.24) is 4.98 Å². The van der Waals surface area contributed by atoms with Crippen LogP contribution in [0.4, 0.5) is 11.5 Å². The third kappa shape index (κ3) is 3.72. The Balaban J connectivity index is 1.69. The molecule has 4 nitrogen and oxygen atoms in total. The zero-order valence-corrected chi connectivity index (χ0v) is 13.5. The Kier molecular flexibility index (Phi) is 4.85. The number of nitrogens with zero attached hydrogens (tertiary/aromatic N) is 2. The molecule has 22 heavy (non-hydrogen) atoms. The molecule has 2 aromatic rings. The Bertz CT molecular complexity index is 663. The van der Waals surface area contributed by atoms with Gasteiger partial charge in [-0.1, -0.05) is 23.7 Å². The quantitative estimate of drug-likeness (QED) is 0.930. The van der Waals surface area contributed by atoms with Gasteiger partial charge in [0.25, 0.3) is 0 Å². The van der Waals surface area contributed by atoms with E-state index in [0.29, 0.717) is 17.4 Å². The topological polar surface area (TPSA) is 45.2 Å². The molecule has 6 heteroatoms. The molecule has 3 rings (SSSR count). The van der Waals surface area contributed by atoms with Crippen molar-refractivity contribution in [1.29, 1.82) is 0 Å². The molecule has 1 N–H and O–H groups in total. The summed E-state index contributed by atoms with van der Waals surface area (Å²) in [6, 6.07) is 11.6. The Hall–Kier alpha value is -1.72. The Labute approximate surface area is 138 Å². The van der Waals surface area contributed by atoms with Crippen molar-refractivity contribution >= 4 is 40.8 Å². The lowest BCUT2D eigenvalue weighted by atomic mass is 10.2. The SMILES string of the molecule is O=C(CN1CCCSc2ccccc21)Nc1ccc(Cl)cn1. The summed E-state index contributed by atoms with van der Waals surface area (Å²) in [5.74, 6) is 1.52. The monoisotopic (exact) mass is 333 g/mol. The number of hydrogen-bond acceptors (Lipinski definition) is 4. The molecule has 1 aromatic carbocycles. The lowest BCUT2D eigenvalue weighted by Crippen LogP contribution is -2.34. The third-order valence-electron chi connectivity index (χ3n) is 3.37. The van der Waals surface area contributed by atoms with Crippen molar-refractivity contribution in [3.8, 4) is 0 Å². The van der Waals surface area contributed by atoms with Gasteiger partial charge >= 0.3 is 0 Å². The van der Waals surface area contributed by atoms with E-state index < -0.39 is 0 Å². The second-order valence-electron chi connectivity index (χ2n) is 5.00. The summed E-state index contributed by atoms with van der Waals surface area (Å²) in [6.45, 7) is 1.20. The van der Waals surface area contributed by atoms with Gasteiger partial charge < -0.3 is 10.2 Å². The van der Waals surface area contributed by atoms with E-state index in [1.165, 1.54) is 11.1 Å². The molecule has 1 aromatic heterocycles. The summed E-state index contributed by atoms with van der Waals surface area (Å²) in [7, 11) is 0. The summed E-state index contributed by atoms with van der Waals surface area (Å²) < 4.78 is 0. The van der Waals surface area contributed by atoms with E-state index in [-0.39, 0.29) is 5.91 Å². The number of carbonyl (C=O) groups is 1. The molecule has 2 heterocycles. The van der Waals surface area contributed by atoms with Crippen LogP contribution in [0.3, 0.4) is 0 Å². The number of pyridine rings is 1. The number of amides is 1. The number of benzene rings is 1. The molecular weight excluding hydrogens is 318 g/mol. The van der Waals surface area contributed by atoms with Gasteiger partial charge in [-0.05, 0) is 36.4 Å². The number of anilines is 2. The molecule has 1 aliphatic rings. The largest absolute Gasteiger partial charge is 0.361 e. The molecule has 0 saturated heterocycles. The van der Waals surface area contributed by atoms with Crippen molar-refractivity contribution in [3.63, 3.8) is 0 Å². The van der Waals surface area contributed by atoms with Crippen LogP contribution >= 0.6 is 23.4 Å². The van der Waals surface area contributed by atoms with Gasteiger partial charge in [0.15, 0.2) is 0 Å². The molecule has 1 aliphatic heterocycles. The molecule has 0 bridgehead atoms. The van der Waals surface area contributed by atoms with Crippen LogP contribution in [0.5, 0.6) is 0 Å². The summed E-state index contributed by atoms with van der Waals surface area (Å²) in [4.78, 5) is 19.7. The maximum atomic E-state index is 12.3. The molecule has 1 amide bonds. The fraction of sp³-hybridized carbons (Fsp3) is 0.250. The first-order chi connectivity index (χ1) is 10.7. The van der Waals surface area contributed by atoms with E-state index in [4.69, 9.17) is 11.6 Å². The number of nitrogens with one attached hydrogen (secondary N) is 1. The van der Waals surface area contributed by atoms with Gasteiger partial charge in [-0.3, -0.25) is 4.79 Å². The number of halogens is 1. The van der Waals surface area contributed by atoms with Crippen molar-refractivity contribution in [3.05, 3.63) is 47.6 Å². The van der Waals surface area contributed by atoms with Gasteiger partial charge in [0.1, 0.15) is 5.82 Å². The van der Waals surface area contributed by atoms with E-state index >= 15 is 0 Å². The molecule has 0 spiro atoms. The van der Waals surface area contributed by atoms with E-state index in [2.05, 4.69) is 27.3 Å². The Morgan fingerprint density at radius 1 is 1.32 bits per heavy atom. The van der Waals surface area contributed by atoms with Crippen molar-refractivity contribution in [2.24, 2.45) is 0 Å². The normalized spacial score (nSPS) is 14.1. The molecule has 0 atom stereocenters. The number of fused-ring (bicyclic) bond motifs is 1. The lowest BCUT2D eigenvalue weighted by molar-refractivity contribution is -0.115. The fourth-order valence-electron chi connectivity index (χ4n) is 2.37. The number of thioether (sulfide) groups is 1. The van der Waals surface area contributed by atoms with Crippen molar-refractivity contribution in [2.45, 2.75) is 11.3 Å². The first-order valence-electron chi connectivity index (χ1n) is 7.10. The van der Waals surface area contributed by atoms with Gasteiger partial charge in [0.2, 0.25) is 5.91 Å². The maximum absolute atomic E-state index is 12.3. The molecular formula is C16H16ClN3OS. The van der Waals surface area contributed by atoms with E-state index in [1.54, 1.807) is 12.1 Å². The van der Waals surface area contributed by atoms with Crippen LogP contribution in [0.2, 0.25) is 5.02 Å². The standard InChI is InChI=1S/C16H16ClN3OS/c17-12-6-7-15(18-10-12)19-16(21)11-20-8-3-9-22-14-5-2-1-4-13(14)20/h1-2,4-7,10H,3,8-9,11H2,(H,18,19,21). The van der Waals surface area contributed by atoms with Gasteiger partial charge in [0, 0.05) is 17.6 Å². The maximum Gasteiger partial charge on any atom is 0.245 e. The Morgan fingerprint density at radius 3 is 3.00 bits per heavy atom. The second kappa shape index (κ2) is 7.03. The molecule has 0 saturated carbocycles. The molecule has 0 aliphatic carbocycles. The number of aromatic nitrogens is 1. The number of hydrogen-bond donors (Lipinski definition) is 1. The van der Waals surface area contributed by atoms with Crippen molar-refractivity contribution in [2.75, 3.05) is 29.1 Å². The van der Waals surface area contributed by atoms with Gasteiger partial charge in [0.05, 0.1) is 17.3 Å². The smallest absolute Gasteiger partial charge is 0.245 e. The highest BCUT2D eigenvalue weighted by Crippen LogP contribution is 2.33. The summed E-state index contributed by atoms with van der Waals surface area (Å²) in [5.41, 5.74) is 1.13. The minimum atomic E-state index is -0.0727. The Morgan fingerprint density at radius 2 is 2.18 bits per heavy atom. The first kappa shape index (κ1) is 15.2. The highest BCUT2D eigenvalue weighted by Gasteiger charge is 2.18. The third-order valence-corrected chi connectivity index (χ3v) is 4.74. The molecule has 0 radical (unpaired) electrons. The fourth-order valence-corrected chi connectivity index (χ4v) is 3.49. The predicted octanol–water partition coefficient (Wildman–Crippen LogP) is 3.68. The van der Waals surface area contributed by atoms with Crippen LogP contribution in [0.15, 0.2) is 47.5 Å². The number of para-hydroxylation sites is 1. The van der Waals surface area contributed by atoms with Crippen molar-refractivity contribution < 1.29 is 4.79 Å². The molecule has 114 valence electrons. The van der Waals surface area contributed by atoms with Crippen LogP contribution in [0.25, 0.3) is 0 Å². The summed E-state index contributed by atoms with van der Waals surface area (Å²) >= 11 is 7.64. The van der Waals surface area contributed by atoms with E-state index in [0.717, 1.165) is 24.4 Å². The average Bonchev–Trinajstić information content (AvgIpc) is 2.72. The lowest BCUT2D eigenvalue weighted by Gasteiger charge is -2.23. The minimum Gasteiger partial charge on any atom is -0.361 e. The van der Waals surface area contributed by atoms with E-state index in [1.807, 2.05) is 23.9 Å². The molecule has 0 fully saturated rings. The highest BCUT2D eigenvalue weighted by molar-refractivity contribution is 7.99. The minimum absolute atomic E-state index is 0.0727. The number of rotatable bonds is 3.